The Hall–Kier alpha value is -0.990. The van der Waals surface area contributed by atoms with Crippen molar-refractivity contribution in [3.63, 3.8) is 0 Å². The summed E-state index contributed by atoms with van der Waals surface area (Å²) in [7, 11) is -1.74. The van der Waals surface area contributed by atoms with Crippen molar-refractivity contribution in [3.05, 3.63) is 17.5 Å². The Morgan fingerprint density at radius 1 is 1.67 bits per heavy atom. The molecule has 1 rings (SSSR count). The van der Waals surface area contributed by atoms with Gasteiger partial charge >= 0.3 is 0 Å². The molecule has 1 heterocycles. The van der Waals surface area contributed by atoms with Gasteiger partial charge in [0.1, 0.15) is 5.25 Å². The number of aromatic nitrogens is 2. The van der Waals surface area contributed by atoms with Crippen molar-refractivity contribution in [1.82, 2.24) is 14.5 Å². The van der Waals surface area contributed by atoms with Crippen LogP contribution in [0.25, 0.3) is 0 Å². The maximum Gasteiger partial charge on any atom is 0.221 e. The van der Waals surface area contributed by atoms with Crippen LogP contribution in [0.2, 0.25) is 0 Å². The van der Waals surface area contributed by atoms with Gasteiger partial charge in [-0.25, -0.2) is 13.1 Å². The molecule has 102 valence electrons. The van der Waals surface area contributed by atoms with E-state index in [9.17, 15) is 8.42 Å². The van der Waals surface area contributed by atoms with Crippen LogP contribution in [0.4, 0.5) is 0 Å². The standard InChI is InChI=1S/C10H18N4O2S2/c1-4-9(10(11)17)18(15,16)12-5-8-6-14(3)13-7(8)2/h6,9,12H,4-5H2,1-3H3,(H2,11,17). The molecule has 0 aromatic carbocycles. The first-order chi connectivity index (χ1) is 8.27. The van der Waals surface area contributed by atoms with Crippen molar-refractivity contribution in [2.45, 2.75) is 32.1 Å². The van der Waals surface area contributed by atoms with Gasteiger partial charge in [0.2, 0.25) is 10.0 Å². The Kier molecular flexibility index (Phi) is 4.83. The van der Waals surface area contributed by atoms with Gasteiger partial charge < -0.3 is 5.73 Å². The highest BCUT2D eigenvalue weighted by atomic mass is 32.2. The molecule has 0 amide bonds. The lowest BCUT2D eigenvalue weighted by Gasteiger charge is -2.14. The van der Waals surface area contributed by atoms with E-state index < -0.39 is 15.3 Å². The summed E-state index contributed by atoms with van der Waals surface area (Å²) in [6.07, 6.45) is 2.14. The van der Waals surface area contributed by atoms with Crippen molar-refractivity contribution in [2.75, 3.05) is 0 Å². The van der Waals surface area contributed by atoms with Gasteiger partial charge in [-0.3, -0.25) is 4.68 Å². The minimum absolute atomic E-state index is 0.00657. The van der Waals surface area contributed by atoms with Gasteiger partial charge in [-0.1, -0.05) is 19.1 Å². The van der Waals surface area contributed by atoms with E-state index in [0.29, 0.717) is 6.42 Å². The normalized spacial score (nSPS) is 13.5. The number of hydrogen-bond donors (Lipinski definition) is 2. The molecule has 3 N–H and O–H groups in total. The smallest absolute Gasteiger partial charge is 0.221 e. The summed E-state index contributed by atoms with van der Waals surface area (Å²) >= 11 is 4.77. The summed E-state index contributed by atoms with van der Waals surface area (Å²) in [6.45, 7) is 3.76. The van der Waals surface area contributed by atoms with Gasteiger partial charge in [0, 0.05) is 25.4 Å². The minimum Gasteiger partial charge on any atom is -0.392 e. The number of thiocarbonyl (C=S) groups is 1. The second-order valence-corrected chi connectivity index (χ2v) is 6.50. The number of nitrogens with zero attached hydrogens (tertiary/aromatic N) is 2. The average molecular weight is 290 g/mol. The SMILES string of the molecule is CCC(C(N)=S)S(=O)(=O)NCc1cn(C)nc1C. The third-order valence-corrected chi connectivity index (χ3v) is 4.96. The van der Waals surface area contributed by atoms with E-state index in [4.69, 9.17) is 18.0 Å². The lowest BCUT2D eigenvalue weighted by molar-refractivity contribution is 0.574. The van der Waals surface area contributed by atoms with E-state index in [1.165, 1.54) is 0 Å². The first-order valence-corrected chi connectivity index (χ1v) is 7.50. The van der Waals surface area contributed by atoms with Crippen LogP contribution in [0.15, 0.2) is 6.20 Å². The van der Waals surface area contributed by atoms with Gasteiger partial charge in [0.25, 0.3) is 0 Å². The summed E-state index contributed by atoms with van der Waals surface area (Å²) in [5, 5.41) is 3.31. The Balaban J connectivity index is 2.79. The minimum atomic E-state index is -3.53. The molecular weight excluding hydrogens is 272 g/mol. The molecule has 6 nitrogen and oxygen atoms in total. The quantitative estimate of drug-likeness (QED) is 0.731. The average Bonchev–Trinajstić information content (AvgIpc) is 2.54. The first-order valence-electron chi connectivity index (χ1n) is 5.54. The van der Waals surface area contributed by atoms with E-state index in [1.807, 2.05) is 6.92 Å². The van der Waals surface area contributed by atoms with Crippen molar-refractivity contribution >= 4 is 27.2 Å². The van der Waals surface area contributed by atoms with Crippen LogP contribution in [0.1, 0.15) is 24.6 Å². The molecule has 0 aliphatic heterocycles. The van der Waals surface area contributed by atoms with Crippen LogP contribution in [0.5, 0.6) is 0 Å². The second kappa shape index (κ2) is 5.77. The number of aryl methyl sites for hydroxylation is 2. The van der Waals surface area contributed by atoms with Crippen LogP contribution in [0.3, 0.4) is 0 Å². The van der Waals surface area contributed by atoms with E-state index in [1.54, 1.807) is 24.9 Å². The van der Waals surface area contributed by atoms with Crippen LogP contribution in [-0.4, -0.2) is 28.4 Å². The molecule has 0 aliphatic carbocycles. The lowest BCUT2D eigenvalue weighted by atomic mass is 10.3. The number of rotatable bonds is 6. The van der Waals surface area contributed by atoms with E-state index in [0.717, 1.165) is 11.3 Å². The largest absolute Gasteiger partial charge is 0.392 e. The predicted octanol–water partition coefficient (Wildman–Crippen LogP) is 0.213. The first kappa shape index (κ1) is 15.1. The van der Waals surface area contributed by atoms with E-state index >= 15 is 0 Å². The summed E-state index contributed by atoms with van der Waals surface area (Å²) in [4.78, 5) is -0.00657. The topological polar surface area (TPSA) is 90.0 Å². The van der Waals surface area contributed by atoms with E-state index in [2.05, 4.69) is 9.82 Å². The zero-order valence-electron chi connectivity index (χ0n) is 10.7. The number of nitrogens with one attached hydrogen (secondary N) is 1. The fourth-order valence-electron chi connectivity index (χ4n) is 1.67. The molecule has 1 unspecified atom stereocenters. The van der Waals surface area contributed by atoms with Crippen molar-refractivity contribution in [1.29, 1.82) is 0 Å². The molecule has 0 fully saturated rings. The highest BCUT2D eigenvalue weighted by molar-refractivity contribution is 7.93. The lowest BCUT2D eigenvalue weighted by Crippen LogP contribution is -2.41. The maximum absolute atomic E-state index is 12.0. The van der Waals surface area contributed by atoms with Gasteiger partial charge in [0.05, 0.1) is 10.7 Å². The van der Waals surface area contributed by atoms with Gasteiger partial charge in [-0.2, -0.15) is 5.10 Å². The summed E-state index contributed by atoms with van der Waals surface area (Å²) in [5.74, 6) is 0. The highest BCUT2D eigenvalue weighted by Crippen LogP contribution is 2.08. The Labute approximate surface area is 113 Å². The molecule has 0 bridgehead atoms. The molecule has 8 heteroatoms. The summed E-state index contributed by atoms with van der Waals surface area (Å²) in [5.41, 5.74) is 7.06. The number of hydrogen-bond acceptors (Lipinski definition) is 4. The molecule has 18 heavy (non-hydrogen) atoms. The van der Waals surface area contributed by atoms with Gasteiger partial charge in [-0.05, 0) is 13.3 Å². The number of nitrogens with two attached hydrogens (primary N) is 1. The second-order valence-electron chi connectivity index (χ2n) is 4.08. The molecular formula is C10H18N4O2S2. The zero-order valence-corrected chi connectivity index (χ0v) is 12.3. The van der Waals surface area contributed by atoms with Crippen molar-refractivity contribution in [2.24, 2.45) is 12.8 Å². The highest BCUT2D eigenvalue weighted by Gasteiger charge is 2.26. The molecule has 0 saturated carbocycles. The molecule has 0 aliphatic rings. The number of sulfonamides is 1. The molecule has 0 radical (unpaired) electrons. The van der Waals surface area contributed by atoms with Crippen LogP contribution >= 0.6 is 12.2 Å². The Morgan fingerprint density at radius 3 is 2.67 bits per heavy atom. The van der Waals surface area contributed by atoms with Crippen molar-refractivity contribution in [3.8, 4) is 0 Å². The summed E-state index contributed by atoms with van der Waals surface area (Å²) < 4.78 is 28.1. The molecule has 0 saturated heterocycles. The molecule has 1 aromatic rings. The van der Waals surface area contributed by atoms with Crippen molar-refractivity contribution < 1.29 is 8.42 Å². The van der Waals surface area contributed by atoms with Crippen LogP contribution < -0.4 is 10.5 Å². The fraction of sp³-hybridized carbons (Fsp3) is 0.600. The van der Waals surface area contributed by atoms with Gasteiger partial charge in [0.15, 0.2) is 0 Å². The summed E-state index contributed by atoms with van der Waals surface area (Å²) in [6, 6.07) is 0. The zero-order chi connectivity index (χ0) is 13.9. The third-order valence-electron chi connectivity index (χ3n) is 2.64. The Morgan fingerprint density at radius 2 is 2.28 bits per heavy atom. The van der Waals surface area contributed by atoms with E-state index in [-0.39, 0.29) is 11.5 Å². The predicted molar refractivity (Wildman–Crippen MR) is 74.6 cm³/mol. The van der Waals surface area contributed by atoms with Gasteiger partial charge in [-0.15, -0.1) is 0 Å². The third kappa shape index (κ3) is 3.50. The molecule has 1 aromatic heterocycles. The Bertz CT molecular complexity index is 536. The maximum atomic E-state index is 12.0. The van der Waals surface area contributed by atoms with Crippen LogP contribution in [0, 0.1) is 6.92 Å². The fourth-order valence-corrected chi connectivity index (χ4v) is 3.52. The van der Waals surface area contributed by atoms with Crippen LogP contribution in [-0.2, 0) is 23.6 Å². The molecule has 0 spiro atoms. The molecule has 1 atom stereocenters. The monoisotopic (exact) mass is 290 g/mol.